The summed E-state index contributed by atoms with van der Waals surface area (Å²) in [5.41, 5.74) is 3.91. The van der Waals surface area contributed by atoms with E-state index in [2.05, 4.69) is 10.5 Å². The van der Waals surface area contributed by atoms with Crippen molar-refractivity contribution in [1.82, 2.24) is 5.43 Å². The summed E-state index contributed by atoms with van der Waals surface area (Å²) in [5, 5.41) is 15.3. The number of halogens is 1. The smallest absolute Gasteiger partial charge is 0.280 e. The van der Waals surface area contributed by atoms with E-state index in [9.17, 15) is 14.9 Å². The van der Waals surface area contributed by atoms with Crippen molar-refractivity contribution in [3.63, 3.8) is 0 Å². The van der Waals surface area contributed by atoms with Gasteiger partial charge in [-0.2, -0.15) is 5.10 Å². The van der Waals surface area contributed by atoms with Gasteiger partial charge < -0.3 is 4.42 Å². The fraction of sp³-hybridized carbons (Fsp3) is 0.0526. The molecule has 0 saturated carbocycles. The Labute approximate surface area is 159 Å². The number of rotatable bonds is 5. The Morgan fingerprint density at radius 3 is 2.74 bits per heavy atom. The molecule has 2 aromatic carbocycles. The maximum absolute atomic E-state index is 12.1. The van der Waals surface area contributed by atoms with E-state index in [1.165, 1.54) is 12.3 Å². The minimum absolute atomic E-state index is 0.0577. The SMILES string of the molecule is Cc1ccc(C(=O)N/N=C\c2ccc(-c3ccccc3[N+](=O)[O-])o2)c(Cl)c1. The Morgan fingerprint density at radius 1 is 1.22 bits per heavy atom. The predicted octanol–water partition coefficient (Wildman–Crippen LogP) is 4.58. The van der Waals surface area contributed by atoms with Crippen LogP contribution in [0.4, 0.5) is 5.69 Å². The number of para-hydroxylation sites is 1. The lowest BCUT2D eigenvalue weighted by atomic mass is 10.1. The summed E-state index contributed by atoms with van der Waals surface area (Å²) in [6.07, 6.45) is 1.30. The van der Waals surface area contributed by atoms with E-state index in [4.69, 9.17) is 16.0 Å². The third-order valence-electron chi connectivity index (χ3n) is 3.72. The van der Waals surface area contributed by atoms with Crippen LogP contribution in [0.1, 0.15) is 21.7 Å². The molecule has 3 rings (SSSR count). The average molecular weight is 384 g/mol. The number of hydrogen-bond donors (Lipinski definition) is 1. The summed E-state index contributed by atoms with van der Waals surface area (Å²) in [6, 6.07) is 14.5. The Bertz CT molecular complexity index is 1040. The monoisotopic (exact) mass is 383 g/mol. The summed E-state index contributed by atoms with van der Waals surface area (Å²) < 4.78 is 5.56. The van der Waals surface area contributed by atoms with Crippen molar-refractivity contribution in [2.45, 2.75) is 6.92 Å². The number of nitro groups is 1. The van der Waals surface area contributed by atoms with Crippen molar-refractivity contribution in [1.29, 1.82) is 0 Å². The van der Waals surface area contributed by atoms with E-state index < -0.39 is 10.8 Å². The van der Waals surface area contributed by atoms with Gasteiger partial charge >= 0.3 is 0 Å². The topological polar surface area (TPSA) is 97.7 Å². The van der Waals surface area contributed by atoms with Crippen LogP contribution < -0.4 is 5.43 Å². The first kappa shape index (κ1) is 18.3. The Hall–Kier alpha value is -3.45. The zero-order chi connectivity index (χ0) is 19.4. The second-order valence-corrected chi connectivity index (χ2v) is 6.07. The van der Waals surface area contributed by atoms with E-state index in [0.717, 1.165) is 5.56 Å². The van der Waals surface area contributed by atoms with Crippen LogP contribution in [0.2, 0.25) is 5.02 Å². The van der Waals surface area contributed by atoms with Crippen molar-refractivity contribution in [2.24, 2.45) is 5.10 Å². The normalized spacial score (nSPS) is 10.9. The quantitative estimate of drug-likeness (QED) is 0.396. The summed E-state index contributed by atoms with van der Waals surface area (Å²) in [7, 11) is 0. The minimum atomic E-state index is -0.475. The molecule has 1 heterocycles. The first-order valence-corrected chi connectivity index (χ1v) is 8.26. The Morgan fingerprint density at radius 2 is 2.00 bits per heavy atom. The summed E-state index contributed by atoms with van der Waals surface area (Å²) in [4.78, 5) is 22.7. The molecule has 0 spiro atoms. The number of benzene rings is 2. The molecule has 0 unspecified atom stereocenters. The van der Waals surface area contributed by atoms with Crippen LogP contribution in [-0.4, -0.2) is 17.0 Å². The third kappa shape index (κ3) is 4.21. The summed E-state index contributed by atoms with van der Waals surface area (Å²) in [6.45, 7) is 1.87. The Balaban J connectivity index is 1.73. The van der Waals surface area contributed by atoms with Crippen LogP contribution >= 0.6 is 11.6 Å². The zero-order valence-electron chi connectivity index (χ0n) is 14.2. The standard InChI is InChI=1S/C19H14ClN3O4/c1-12-6-8-14(16(20)10-12)19(24)22-21-11-13-7-9-18(27-13)15-4-2-3-5-17(15)23(25)26/h2-11H,1H3,(H,22,24)/b21-11-. The van der Waals surface area contributed by atoms with Gasteiger partial charge in [-0.25, -0.2) is 5.43 Å². The van der Waals surface area contributed by atoms with Gasteiger partial charge in [0.25, 0.3) is 11.6 Å². The van der Waals surface area contributed by atoms with Crippen molar-refractivity contribution in [3.05, 3.63) is 86.6 Å². The number of nitro benzene ring substituents is 1. The van der Waals surface area contributed by atoms with Gasteiger partial charge in [0, 0.05) is 6.07 Å². The van der Waals surface area contributed by atoms with E-state index in [-0.39, 0.29) is 5.69 Å². The molecule has 0 aliphatic carbocycles. The summed E-state index contributed by atoms with van der Waals surface area (Å²) in [5.74, 6) is 0.205. The number of hydrogen-bond acceptors (Lipinski definition) is 5. The summed E-state index contributed by atoms with van der Waals surface area (Å²) >= 11 is 6.05. The highest BCUT2D eigenvalue weighted by Gasteiger charge is 2.16. The fourth-order valence-corrected chi connectivity index (χ4v) is 2.75. The number of carbonyl (C=O) groups is 1. The maximum Gasteiger partial charge on any atom is 0.280 e. The van der Waals surface area contributed by atoms with E-state index in [0.29, 0.717) is 27.7 Å². The highest BCUT2D eigenvalue weighted by Crippen LogP contribution is 2.30. The zero-order valence-corrected chi connectivity index (χ0v) is 14.9. The lowest BCUT2D eigenvalue weighted by Gasteiger charge is -2.03. The first-order chi connectivity index (χ1) is 13.0. The van der Waals surface area contributed by atoms with Crippen molar-refractivity contribution < 1.29 is 14.1 Å². The molecule has 3 aromatic rings. The van der Waals surface area contributed by atoms with Crippen LogP contribution in [0.5, 0.6) is 0 Å². The van der Waals surface area contributed by atoms with E-state index >= 15 is 0 Å². The van der Waals surface area contributed by atoms with Crippen molar-refractivity contribution in [3.8, 4) is 11.3 Å². The third-order valence-corrected chi connectivity index (χ3v) is 4.03. The second kappa shape index (κ2) is 7.84. The molecule has 1 amide bonds. The fourth-order valence-electron chi connectivity index (χ4n) is 2.43. The number of aryl methyl sites for hydroxylation is 1. The van der Waals surface area contributed by atoms with Crippen LogP contribution in [0, 0.1) is 17.0 Å². The molecule has 0 atom stereocenters. The van der Waals surface area contributed by atoms with E-state index in [1.807, 2.05) is 6.92 Å². The second-order valence-electron chi connectivity index (χ2n) is 5.66. The molecule has 0 bridgehead atoms. The largest absolute Gasteiger partial charge is 0.455 e. The van der Waals surface area contributed by atoms with Gasteiger partial charge in [0.2, 0.25) is 0 Å². The Kier molecular flexibility index (Phi) is 5.33. The van der Waals surface area contributed by atoms with Crippen molar-refractivity contribution >= 4 is 29.4 Å². The van der Waals surface area contributed by atoms with Gasteiger partial charge in [0.1, 0.15) is 11.5 Å². The van der Waals surface area contributed by atoms with Crippen LogP contribution in [0.25, 0.3) is 11.3 Å². The lowest BCUT2D eigenvalue weighted by Crippen LogP contribution is -2.18. The first-order valence-electron chi connectivity index (χ1n) is 7.89. The van der Waals surface area contributed by atoms with E-state index in [1.54, 1.807) is 48.5 Å². The van der Waals surface area contributed by atoms with Crippen LogP contribution in [0.3, 0.4) is 0 Å². The number of nitrogens with one attached hydrogen (secondary N) is 1. The molecule has 136 valence electrons. The number of furan rings is 1. The molecular formula is C19H14ClN3O4. The van der Waals surface area contributed by atoms with Gasteiger partial charge in [-0.05, 0) is 42.8 Å². The lowest BCUT2D eigenvalue weighted by molar-refractivity contribution is -0.384. The van der Waals surface area contributed by atoms with Gasteiger partial charge in [-0.1, -0.05) is 29.8 Å². The van der Waals surface area contributed by atoms with Crippen LogP contribution in [0.15, 0.2) is 64.1 Å². The van der Waals surface area contributed by atoms with Crippen molar-refractivity contribution in [2.75, 3.05) is 0 Å². The number of hydrazone groups is 1. The number of amides is 1. The molecule has 1 aromatic heterocycles. The molecule has 0 fully saturated rings. The van der Waals surface area contributed by atoms with Crippen LogP contribution in [-0.2, 0) is 0 Å². The van der Waals surface area contributed by atoms with Gasteiger partial charge in [0.05, 0.1) is 27.3 Å². The number of nitrogens with zero attached hydrogens (tertiary/aromatic N) is 2. The molecule has 0 radical (unpaired) electrons. The molecular weight excluding hydrogens is 370 g/mol. The molecule has 8 heteroatoms. The molecule has 1 N–H and O–H groups in total. The van der Waals surface area contributed by atoms with Gasteiger partial charge in [-0.3, -0.25) is 14.9 Å². The maximum atomic E-state index is 12.1. The predicted molar refractivity (Wildman–Crippen MR) is 102 cm³/mol. The molecule has 7 nitrogen and oxygen atoms in total. The van der Waals surface area contributed by atoms with Gasteiger partial charge in [-0.15, -0.1) is 0 Å². The highest BCUT2D eigenvalue weighted by molar-refractivity contribution is 6.33. The molecule has 0 aliphatic rings. The average Bonchev–Trinajstić information content (AvgIpc) is 3.10. The minimum Gasteiger partial charge on any atom is -0.455 e. The highest BCUT2D eigenvalue weighted by atomic mass is 35.5. The molecule has 27 heavy (non-hydrogen) atoms. The molecule has 0 saturated heterocycles. The number of carbonyl (C=O) groups excluding carboxylic acids is 1. The van der Waals surface area contributed by atoms with Gasteiger partial charge in [0.15, 0.2) is 0 Å². The molecule has 0 aliphatic heterocycles.